The molecule has 1 heterocycles. The molecule has 1 unspecified atom stereocenters. The zero-order valence-electron chi connectivity index (χ0n) is 10.9. The maximum absolute atomic E-state index is 11.9. The van der Waals surface area contributed by atoms with Crippen molar-refractivity contribution in [3.63, 3.8) is 0 Å². The van der Waals surface area contributed by atoms with Gasteiger partial charge in [0.2, 0.25) is 10.0 Å². The minimum absolute atomic E-state index is 0.0172. The Morgan fingerprint density at radius 3 is 2.74 bits per heavy atom. The van der Waals surface area contributed by atoms with Crippen LogP contribution in [0.1, 0.15) is 30.1 Å². The number of ether oxygens (including phenoxy) is 1. The van der Waals surface area contributed by atoms with Gasteiger partial charge in [-0.2, -0.15) is 0 Å². The molecule has 0 fully saturated rings. The Balaban J connectivity index is 2.74. The molecule has 0 saturated carbocycles. The standard InChI is InChI=1S/C11H18N2O4S2/c1-3-4-9(6-17-2)13-11(14)8-5-10(18-7-8)19(12,15)16/h5,7,9H,3-4,6H2,1-2H3,(H,13,14)(H2,12,15,16). The minimum atomic E-state index is -3.75. The van der Waals surface area contributed by atoms with Crippen molar-refractivity contribution < 1.29 is 17.9 Å². The third-order valence-electron chi connectivity index (χ3n) is 2.46. The zero-order chi connectivity index (χ0) is 14.5. The lowest BCUT2D eigenvalue weighted by Gasteiger charge is -2.16. The molecule has 1 aromatic heterocycles. The van der Waals surface area contributed by atoms with Crippen LogP contribution in [0.4, 0.5) is 0 Å². The van der Waals surface area contributed by atoms with E-state index in [0.717, 1.165) is 24.2 Å². The normalized spacial score (nSPS) is 13.2. The summed E-state index contributed by atoms with van der Waals surface area (Å²) in [5, 5.41) is 9.28. The average molecular weight is 306 g/mol. The van der Waals surface area contributed by atoms with Gasteiger partial charge in [0.1, 0.15) is 4.21 Å². The van der Waals surface area contributed by atoms with Crippen molar-refractivity contribution in [2.24, 2.45) is 5.14 Å². The van der Waals surface area contributed by atoms with Crippen LogP contribution < -0.4 is 10.5 Å². The molecule has 0 bridgehead atoms. The van der Waals surface area contributed by atoms with Gasteiger partial charge in [-0.15, -0.1) is 11.3 Å². The summed E-state index contributed by atoms with van der Waals surface area (Å²) >= 11 is 0.934. The fourth-order valence-electron chi connectivity index (χ4n) is 1.60. The van der Waals surface area contributed by atoms with E-state index >= 15 is 0 Å². The van der Waals surface area contributed by atoms with E-state index in [1.54, 1.807) is 7.11 Å². The fourth-order valence-corrected chi connectivity index (χ4v) is 3.19. The summed E-state index contributed by atoms with van der Waals surface area (Å²) in [5.74, 6) is -0.318. The Hall–Kier alpha value is -0.960. The van der Waals surface area contributed by atoms with Gasteiger partial charge in [-0.1, -0.05) is 13.3 Å². The number of carbonyl (C=O) groups excluding carboxylic acids is 1. The van der Waals surface area contributed by atoms with Gasteiger partial charge < -0.3 is 10.1 Å². The van der Waals surface area contributed by atoms with Crippen LogP contribution in [0.2, 0.25) is 0 Å². The third-order valence-corrected chi connectivity index (χ3v) is 4.84. The highest BCUT2D eigenvalue weighted by atomic mass is 32.2. The Kier molecular flexibility index (Phi) is 5.92. The van der Waals surface area contributed by atoms with E-state index in [0.29, 0.717) is 12.2 Å². The molecule has 0 aliphatic heterocycles. The van der Waals surface area contributed by atoms with Crippen molar-refractivity contribution in [3.8, 4) is 0 Å². The summed E-state index contributed by atoms with van der Waals surface area (Å²) in [6, 6.07) is 1.20. The molecule has 0 aromatic carbocycles. The first-order chi connectivity index (χ1) is 8.88. The minimum Gasteiger partial charge on any atom is -0.383 e. The predicted molar refractivity (Wildman–Crippen MR) is 73.7 cm³/mol. The number of carbonyl (C=O) groups is 1. The maximum Gasteiger partial charge on any atom is 0.252 e. The van der Waals surface area contributed by atoms with Crippen LogP contribution >= 0.6 is 11.3 Å². The number of thiophene rings is 1. The number of nitrogens with one attached hydrogen (secondary N) is 1. The average Bonchev–Trinajstić information content (AvgIpc) is 2.78. The zero-order valence-corrected chi connectivity index (χ0v) is 12.5. The van der Waals surface area contributed by atoms with Crippen molar-refractivity contribution in [1.82, 2.24) is 5.32 Å². The molecule has 0 spiro atoms. The summed E-state index contributed by atoms with van der Waals surface area (Å²) in [4.78, 5) is 11.9. The summed E-state index contributed by atoms with van der Waals surface area (Å²) in [6.45, 7) is 2.43. The van der Waals surface area contributed by atoms with Gasteiger partial charge in [0, 0.05) is 12.5 Å². The van der Waals surface area contributed by atoms with Crippen LogP contribution in [0.5, 0.6) is 0 Å². The first-order valence-corrected chi connectivity index (χ1v) is 8.22. The first kappa shape index (κ1) is 16.1. The summed E-state index contributed by atoms with van der Waals surface area (Å²) < 4.78 is 27.3. The molecule has 1 amide bonds. The van der Waals surface area contributed by atoms with E-state index in [4.69, 9.17) is 9.88 Å². The van der Waals surface area contributed by atoms with Crippen molar-refractivity contribution >= 4 is 27.3 Å². The topological polar surface area (TPSA) is 98.5 Å². The van der Waals surface area contributed by atoms with Crippen LogP contribution in [-0.4, -0.2) is 34.1 Å². The van der Waals surface area contributed by atoms with Crippen LogP contribution in [0.3, 0.4) is 0 Å². The molecule has 0 saturated heterocycles. The lowest BCUT2D eigenvalue weighted by atomic mass is 10.1. The molecule has 8 heteroatoms. The number of methoxy groups -OCH3 is 1. The van der Waals surface area contributed by atoms with Crippen LogP contribution in [0.25, 0.3) is 0 Å². The molecule has 1 aromatic rings. The number of nitrogens with two attached hydrogens (primary N) is 1. The molecular formula is C11H18N2O4S2. The monoisotopic (exact) mass is 306 g/mol. The highest BCUT2D eigenvalue weighted by Gasteiger charge is 2.17. The number of rotatable bonds is 7. The van der Waals surface area contributed by atoms with E-state index in [1.807, 2.05) is 6.92 Å². The molecule has 3 N–H and O–H groups in total. The molecule has 6 nitrogen and oxygen atoms in total. The van der Waals surface area contributed by atoms with E-state index in [1.165, 1.54) is 11.4 Å². The predicted octanol–water partition coefficient (Wildman–Crippen LogP) is 0.940. The maximum atomic E-state index is 11.9. The first-order valence-electron chi connectivity index (χ1n) is 5.79. The molecule has 0 radical (unpaired) electrons. The third kappa shape index (κ3) is 4.90. The Morgan fingerprint density at radius 1 is 1.58 bits per heavy atom. The number of hydrogen-bond acceptors (Lipinski definition) is 5. The lowest BCUT2D eigenvalue weighted by molar-refractivity contribution is 0.0892. The summed E-state index contributed by atoms with van der Waals surface area (Å²) in [6.07, 6.45) is 1.71. The van der Waals surface area contributed by atoms with E-state index in [9.17, 15) is 13.2 Å². The lowest BCUT2D eigenvalue weighted by Crippen LogP contribution is -2.37. The molecular weight excluding hydrogens is 288 g/mol. The number of sulfonamides is 1. The van der Waals surface area contributed by atoms with Crippen LogP contribution in [0.15, 0.2) is 15.7 Å². The molecule has 108 valence electrons. The van der Waals surface area contributed by atoms with E-state index in [2.05, 4.69) is 5.32 Å². The van der Waals surface area contributed by atoms with Gasteiger partial charge in [-0.3, -0.25) is 4.79 Å². The van der Waals surface area contributed by atoms with Gasteiger partial charge >= 0.3 is 0 Å². The largest absolute Gasteiger partial charge is 0.383 e. The van der Waals surface area contributed by atoms with Crippen molar-refractivity contribution in [3.05, 3.63) is 17.0 Å². The summed E-state index contributed by atoms with van der Waals surface area (Å²) in [5.41, 5.74) is 0.297. The number of primary sulfonamides is 1. The second-order valence-electron chi connectivity index (χ2n) is 4.11. The van der Waals surface area contributed by atoms with Gasteiger partial charge in [-0.05, 0) is 12.5 Å². The van der Waals surface area contributed by atoms with Crippen molar-refractivity contribution in [2.45, 2.75) is 30.0 Å². The number of hydrogen-bond donors (Lipinski definition) is 2. The van der Waals surface area contributed by atoms with Gasteiger partial charge in [0.25, 0.3) is 5.91 Å². The quantitative estimate of drug-likeness (QED) is 0.783. The Labute approximate surface area is 117 Å². The molecule has 1 rings (SSSR count). The van der Waals surface area contributed by atoms with Crippen molar-refractivity contribution in [2.75, 3.05) is 13.7 Å². The SMILES string of the molecule is CCCC(COC)NC(=O)c1csc(S(N)(=O)=O)c1. The molecule has 0 aliphatic rings. The second-order valence-corrected chi connectivity index (χ2v) is 6.81. The highest BCUT2D eigenvalue weighted by molar-refractivity contribution is 7.91. The second kappa shape index (κ2) is 6.99. The fraction of sp³-hybridized carbons (Fsp3) is 0.545. The molecule has 19 heavy (non-hydrogen) atoms. The highest BCUT2D eigenvalue weighted by Crippen LogP contribution is 2.18. The van der Waals surface area contributed by atoms with Gasteiger partial charge in [-0.25, -0.2) is 13.6 Å². The Bertz CT molecular complexity index is 519. The Morgan fingerprint density at radius 2 is 2.26 bits per heavy atom. The van der Waals surface area contributed by atoms with Crippen LogP contribution in [-0.2, 0) is 14.8 Å². The summed E-state index contributed by atoms with van der Waals surface area (Å²) in [7, 11) is -2.18. The van der Waals surface area contributed by atoms with Gasteiger partial charge in [0.05, 0.1) is 18.2 Å². The molecule has 0 aliphatic carbocycles. The van der Waals surface area contributed by atoms with Gasteiger partial charge in [0.15, 0.2) is 0 Å². The molecule has 1 atom stereocenters. The van der Waals surface area contributed by atoms with Crippen LogP contribution in [0, 0.1) is 0 Å². The number of amides is 1. The van der Waals surface area contributed by atoms with E-state index in [-0.39, 0.29) is 16.2 Å². The smallest absolute Gasteiger partial charge is 0.252 e. The van der Waals surface area contributed by atoms with E-state index < -0.39 is 10.0 Å². The van der Waals surface area contributed by atoms with Crippen molar-refractivity contribution in [1.29, 1.82) is 0 Å².